The number of allylic oxidation sites excluding steroid dienone is 2. The van der Waals surface area contributed by atoms with Gasteiger partial charge >= 0.3 is 0 Å². The number of likely N-dealkylation sites (N-methyl/N-ethyl adjacent to an activating group) is 1. The van der Waals surface area contributed by atoms with Crippen molar-refractivity contribution in [2.75, 3.05) is 37.6 Å². The molecule has 4 rings (SSSR count). The van der Waals surface area contributed by atoms with Crippen LogP contribution >= 0.6 is 11.3 Å². The normalized spacial score (nSPS) is 18.6. The van der Waals surface area contributed by atoms with Crippen molar-refractivity contribution in [3.63, 3.8) is 0 Å². The molecule has 0 amide bonds. The molecule has 0 atom stereocenters. The van der Waals surface area contributed by atoms with E-state index in [-0.39, 0.29) is 0 Å². The average molecular weight is 348 g/mol. The first-order chi connectivity index (χ1) is 12.3. The Balaban J connectivity index is 1.85. The predicted molar refractivity (Wildman–Crippen MR) is 104 cm³/mol. The van der Waals surface area contributed by atoms with Gasteiger partial charge in [0.15, 0.2) is 0 Å². The van der Waals surface area contributed by atoms with E-state index in [1.54, 1.807) is 17.4 Å². The van der Waals surface area contributed by atoms with Crippen LogP contribution in [0.1, 0.15) is 12.5 Å². The fourth-order valence-corrected chi connectivity index (χ4v) is 4.26. The number of hydrogen-bond donors (Lipinski definition) is 0. The van der Waals surface area contributed by atoms with Crippen LogP contribution in [0.3, 0.4) is 0 Å². The van der Waals surface area contributed by atoms with Crippen molar-refractivity contribution in [3.05, 3.63) is 51.2 Å². The summed E-state index contributed by atoms with van der Waals surface area (Å²) in [7, 11) is 0. The lowest BCUT2D eigenvalue weighted by Crippen LogP contribution is -2.48. The topological polar surface area (TPSA) is 42.6 Å². The molecule has 0 spiro atoms. The van der Waals surface area contributed by atoms with Gasteiger partial charge in [0.2, 0.25) is 0 Å². The lowest BCUT2D eigenvalue weighted by Gasteiger charge is -2.35. The minimum atomic E-state index is 0.939. The van der Waals surface area contributed by atoms with E-state index >= 15 is 0 Å². The number of nitriles is 1. The molecule has 2 aromatic rings. The Morgan fingerprint density at radius 2 is 2.08 bits per heavy atom. The number of piperazine rings is 1. The number of para-hydroxylation sites is 1. The molecule has 0 unspecified atom stereocenters. The smallest absolute Gasteiger partial charge is 0.0943 e. The molecule has 1 saturated heterocycles. The standard InChI is InChI=1S/C20H20N4S/c1-2-23-8-10-24(11-9-23)19-5-3-4-16-12-15(6-7-21)17-13-25-14-18(17)22-20(16)19/h3-6,12-14H,2,8-11H2,1H3. The summed E-state index contributed by atoms with van der Waals surface area (Å²) in [6.07, 6.45) is 3.70. The fourth-order valence-electron chi connectivity index (χ4n) is 3.49. The second-order valence-corrected chi connectivity index (χ2v) is 7.04. The van der Waals surface area contributed by atoms with E-state index in [1.807, 2.05) is 0 Å². The average Bonchev–Trinajstić information content (AvgIpc) is 3.05. The third-order valence-corrected chi connectivity index (χ3v) is 5.65. The molecule has 0 aliphatic carbocycles. The number of rotatable bonds is 2. The molecule has 2 aliphatic heterocycles. The molecular weight excluding hydrogens is 328 g/mol. The van der Waals surface area contributed by atoms with Gasteiger partial charge in [-0.15, -0.1) is 11.3 Å². The number of nitrogens with zero attached hydrogens (tertiary/aromatic N) is 4. The van der Waals surface area contributed by atoms with E-state index in [0.29, 0.717) is 0 Å². The van der Waals surface area contributed by atoms with Crippen molar-refractivity contribution >= 4 is 34.4 Å². The third kappa shape index (κ3) is 2.99. The number of thiophene rings is 1. The Labute approximate surface area is 151 Å². The summed E-state index contributed by atoms with van der Waals surface area (Å²) in [5.41, 5.74) is 4.14. The maximum atomic E-state index is 9.14. The van der Waals surface area contributed by atoms with Gasteiger partial charge in [-0.05, 0) is 24.3 Å². The van der Waals surface area contributed by atoms with Crippen molar-refractivity contribution in [2.45, 2.75) is 6.92 Å². The third-order valence-electron chi connectivity index (χ3n) is 4.92. The van der Waals surface area contributed by atoms with Gasteiger partial charge in [-0.25, -0.2) is 4.99 Å². The largest absolute Gasteiger partial charge is 0.367 e. The van der Waals surface area contributed by atoms with Crippen LogP contribution in [0.25, 0.3) is 11.6 Å². The molecule has 1 fully saturated rings. The lowest BCUT2D eigenvalue weighted by atomic mass is 10.1. The van der Waals surface area contributed by atoms with Crippen LogP contribution in [0, 0.1) is 11.3 Å². The maximum absolute atomic E-state index is 9.14. The highest BCUT2D eigenvalue weighted by Gasteiger charge is 2.18. The van der Waals surface area contributed by atoms with E-state index in [0.717, 1.165) is 60.1 Å². The van der Waals surface area contributed by atoms with Crippen molar-refractivity contribution < 1.29 is 0 Å². The van der Waals surface area contributed by atoms with Gasteiger partial charge in [0.05, 0.1) is 22.8 Å². The van der Waals surface area contributed by atoms with Crippen LogP contribution in [0.2, 0.25) is 0 Å². The Hall–Kier alpha value is -2.42. The predicted octanol–water partition coefficient (Wildman–Crippen LogP) is 2.54. The lowest BCUT2D eigenvalue weighted by molar-refractivity contribution is 0.271. The molecule has 2 aliphatic rings. The minimum Gasteiger partial charge on any atom is -0.367 e. The molecule has 0 N–H and O–H groups in total. The highest BCUT2D eigenvalue weighted by atomic mass is 32.1. The van der Waals surface area contributed by atoms with E-state index in [2.05, 4.69) is 57.8 Å². The maximum Gasteiger partial charge on any atom is 0.0943 e. The number of benzene rings is 1. The van der Waals surface area contributed by atoms with Crippen LogP contribution < -0.4 is 15.5 Å². The Kier molecular flexibility index (Phi) is 4.39. The van der Waals surface area contributed by atoms with Crippen molar-refractivity contribution in [1.29, 1.82) is 5.26 Å². The molecule has 0 saturated carbocycles. The van der Waals surface area contributed by atoms with Crippen LogP contribution in [0.5, 0.6) is 0 Å². The molecule has 4 nitrogen and oxygen atoms in total. The highest BCUT2D eigenvalue weighted by Crippen LogP contribution is 2.32. The first-order valence-electron chi connectivity index (χ1n) is 8.63. The molecule has 1 aromatic carbocycles. The molecule has 1 aromatic heterocycles. The second-order valence-electron chi connectivity index (χ2n) is 6.29. The van der Waals surface area contributed by atoms with Crippen LogP contribution in [-0.4, -0.2) is 37.6 Å². The first kappa shape index (κ1) is 16.1. The molecule has 0 bridgehead atoms. The quantitative estimate of drug-likeness (QED) is 0.784. The number of hydrogen-bond acceptors (Lipinski definition) is 5. The van der Waals surface area contributed by atoms with Crippen LogP contribution in [0.15, 0.2) is 40.0 Å². The number of anilines is 1. The van der Waals surface area contributed by atoms with Crippen molar-refractivity contribution in [3.8, 4) is 6.07 Å². The fraction of sp³-hybridized carbons (Fsp3) is 0.300. The summed E-state index contributed by atoms with van der Waals surface area (Å²) in [6, 6.07) is 8.52. The Bertz CT molecular complexity index is 972. The van der Waals surface area contributed by atoms with E-state index < -0.39 is 0 Å². The van der Waals surface area contributed by atoms with Gasteiger partial charge in [-0.1, -0.05) is 19.1 Å². The van der Waals surface area contributed by atoms with Gasteiger partial charge in [0.25, 0.3) is 0 Å². The van der Waals surface area contributed by atoms with Crippen molar-refractivity contribution in [1.82, 2.24) is 4.90 Å². The van der Waals surface area contributed by atoms with Gasteiger partial charge in [-0.3, -0.25) is 0 Å². The summed E-state index contributed by atoms with van der Waals surface area (Å²) in [5, 5.41) is 15.4. The Morgan fingerprint density at radius 3 is 2.84 bits per heavy atom. The molecule has 126 valence electrons. The zero-order valence-electron chi connectivity index (χ0n) is 14.3. The van der Waals surface area contributed by atoms with Crippen molar-refractivity contribution in [2.24, 2.45) is 4.99 Å². The van der Waals surface area contributed by atoms with E-state index in [9.17, 15) is 0 Å². The summed E-state index contributed by atoms with van der Waals surface area (Å²) in [5.74, 6) is 0. The monoisotopic (exact) mass is 348 g/mol. The highest BCUT2D eigenvalue weighted by molar-refractivity contribution is 7.08. The van der Waals surface area contributed by atoms with Gasteiger partial charge in [0.1, 0.15) is 0 Å². The summed E-state index contributed by atoms with van der Waals surface area (Å²) >= 11 is 1.63. The summed E-state index contributed by atoms with van der Waals surface area (Å²) in [4.78, 5) is 9.90. The first-order valence-corrected chi connectivity index (χ1v) is 9.57. The van der Waals surface area contributed by atoms with E-state index in [1.165, 1.54) is 5.69 Å². The summed E-state index contributed by atoms with van der Waals surface area (Å²) in [6.45, 7) is 7.56. The van der Waals surface area contributed by atoms with Gasteiger partial charge < -0.3 is 9.80 Å². The Morgan fingerprint density at radius 1 is 1.24 bits per heavy atom. The van der Waals surface area contributed by atoms with Crippen LogP contribution in [0.4, 0.5) is 11.4 Å². The SMILES string of the molecule is CCN1CCN(c2cccc3c2=Nc2cscc2C(=CC#N)C=3)CC1. The molecular formula is C20H20N4S. The molecule has 3 heterocycles. The number of fused-ring (bicyclic) bond motifs is 2. The van der Waals surface area contributed by atoms with Gasteiger partial charge in [-0.2, -0.15) is 5.26 Å². The van der Waals surface area contributed by atoms with Crippen LogP contribution in [-0.2, 0) is 0 Å². The summed E-state index contributed by atoms with van der Waals surface area (Å²) < 4.78 is 0. The molecule has 0 radical (unpaired) electrons. The zero-order valence-corrected chi connectivity index (χ0v) is 15.1. The molecule has 25 heavy (non-hydrogen) atoms. The minimum absolute atomic E-state index is 0.939. The van der Waals surface area contributed by atoms with Gasteiger partial charge in [0, 0.05) is 53.8 Å². The zero-order chi connectivity index (χ0) is 17.2. The molecule has 5 heteroatoms. The second kappa shape index (κ2) is 6.83. The van der Waals surface area contributed by atoms with E-state index in [4.69, 9.17) is 10.3 Å².